The Labute approximate surface area is 109 Å². The highest BCUT2D eigenvalue weighted by Gasteiger charge is 1.99. The van der Waals surface area contributed by atoms with Crippen LogP contribution in [0, 0.1) is 6.92 Å². The summed E-state index contributed by atoms with van der Waals surface area (Å²) >= 11 is 0. The highest BCUT2D eigenvalue weighted by molar-refractivity contribution is 5.32. The predicted octanol–water partition coefficient (Wildman–Crippen LogP) is 4.37. The van der Waals surface area contributed by atoms with Crippen LogP contribution in [-0.4, -0.2) is 6.10 Å². The summed E-state index contributed by atoms with van der Waals surface area (Å²) in [5.41, 5.74) is 3.97. The summed E-state index contributed by atoms with van der Waals surface area (Å²) in [5, 5.41) is 0. The Balaban J connectivity index is 2.04. The minimum atomic E-state index is 0.230. The lowest BCUT2D eigenvalue weighted by Crippen LogP contribution is -2.05. The molecule has 2 aromatic rings. The predicted molar refractivity (Wildman–Crippen MR) is 76.2 cm³/mol. The number of aryl methyl sites for hydroxylation is 1. The maximum atomic E-state index is 5.64. The van der Waals surface area contributed by atoms with Crippen LogP contribution in [0.1, 0.15) is 30.5 Å². The van der Waals surface area contributed by atoms with E-state index in [0.29, 0.717) is 0 Å². The van der Waals surface area contributed by atoms with Gasteiger partial charge in [-0.25, -0.2) is 0 Å². The van der Waals surface area contributed by atoms with E-state index in [2.05, 4.69) is 43.3 Å². The summed E-state index contributed by atoms with van der Waals surface area (Å²) in [5.74, 6) is 0.942. The number of benzene rings is 2. The highest BCUT2D eigenvalue weighted by Crippen LogP contribution is 2.16. The molecule has 0 aliphatic rings. The molecule has 0 N–H and O–H groups in total. The van der Waals surface area contributed by atoms with Gasteiger partial charge in [0.1, 0.15) is 5.75 Å². The molecule has 0 amide bonds. The standard InChI is InChI=1S/C17H20O/c1-13(2)18-17-10-8-16(9-11-17)12-15-6-4-14(3)5-7-15/h4-11,13H,12H2,1-3H3. The zero-order valence-electron chi connectivity index (χ0n) is 11.3. The largest absolute Gasteiger partial charge is 0.491 e. The first-order valence-corrected chi connectivity index (χ1v) is 6.44. The molecule has 0 spiro atoms. The van der Waals surface area contributed by atoms with Crippen LogP contribution in [0.5, 0.6) is 5.75 Å². The molecule has 0 fully saturated rings. The third-order valence-electron chi connectivity index (χ3n) is 2.82. The van der Waals surface area contributed by atoms with Gasteiger partial charge in [0, 0.05) is 0 Å². The molecule has 0 unspecified atom stereocenters. The molecular formula is C17H20O. The molecule has 0 aromatic heterocycles. The highest BCUT2D eigenvalue weighted by atomic mass is 16.5. The van der Waals surface area contributed by atoms with Crippen LogP contribution in [0.3, 0.4) is 0 Å². The third kappa shape index (κ3) is 3.63. The quantitative estimate of drug-likeness (QED) is 0.771. The molecule has 1 heteroatoms. The van der Waals surface area contributed by atoms with Crippen molar-refractivity contribution in [1.29, 1.82) is 0 Å². The van der Waals surface area contributed by atoms with Crippen molar-refractivity contribution in [3.05, 3.63) is 65.2 Å². The van der Waals surface area contributed by atoms with Crippen molar-refractivity contribution in [2.75, 3.05) is 0 Å². The lowest BCUT2D eigenvalue weighted by molar-refractivity contribution is 0.242. The van der Waals surface area contributed by atoms with E-state index in [1.165, 1.54) is 16.7 Å². The molecule has 2 aromatic carbocycles. The molecule has 0 saturated heterocycles. The van der Waals surface area contributed by atoms with E-state index in [1.807, 2.05) is 26.0 Å². The molecule has 0 saturated carbocycles. The molecule has 1 nitrogen and oxygen atoms in total. The van der Waals surface area contributed by atoms with Crippen molar-refractivity contribution in [2.24, 2.45) is 0 Å². The first kappa shape index (κ1) is 12.7. The van der Waals surface area contributed by atoms with Gasteiger partial charge >= 0.3 is 0 Å². The third-order valence-corrected chi connectivity index (χ3v) is 2.82. The lowest BCUT2D eigenvalue weighted by Gasteiger charge is -2.10. The van der Waals surface area contributed by atoms with Crippen LogP contribution in [0.4, 0.5) is 0 Å². The van der Waals surface area contributed by atoms with Crippen molar-refractivity contribution >= 4 is 0 Å². The van der Waals surface area contributed by atoms with Gasteiger partial charge in [0.2, 0.25) is 0 Å². The van der Waals surface area contributed by atoms with Crippen molar-refractivity contribution in [1.82, 2.24) is 0 Å². The van der Waals surface area contributed by atoms with Crippen LogP contribution in [0.25, 0.3) is 0 Å². The zero-order valence-corrected chi connectivity index (χ0v) is 11.3. The molecule has 0 aliphatic heterocycles. The average Bonchev–Trinajstić information content (AvgIpc) is 2.34. The van der Waals surface area contributed by atoms with Gasteiger partial charge < -0.3 is 4.74 Å². The second kappa shape index (κ2) is 5.72. The van der Waals surface area contributed by atoms with E-state index in [0.717, 1.165) is 12.2 Å². The van der Waals surface area contributed by atoms with E-state index < -0.39 is 0 Å². The van der Waals surface area contributed by atoms with Gasteiger partial charge in [0.05, 0.1) is 6.10 Å². The van der Waals surface area contributed by atoms with Gasteiger partial charge in [-0.15, -0.1) is 0 Å². The summed E-state index contributed by atoms with van der Waals surface area (Å²) < 4.78 is 5.64. The first-order chi connectivity index (χ1) is 8.63. The van der Waals surface area contributed by atoms with Gasteiger partial charge in [0.25, 0.3) is 0 Å². The summed E-state index contributed by atoms with van der Waals surface area (Å²) in [7, 11) is 0. The van der Waals surface area contributed by atoms with E-state index >= 15 is 0 Å². The Morgan fingerprint density at radius 1 is 0.833 bits per heavy atom. The fourth-order valence-corrected chi connectivity index (χ4v) is 1.90. The van der Waals surface area contributed by atoms with Crippen molar-refractivity contribution in [3.8, 4) is 5.75 Å². The van der Waals surface area contributed by atoms with Crippen molar-refractivity contribution in [3.63, 3.8) is 0 Å². The second-order valence-electron chi connectivity index (χ2n) is 4.97. The molecule has 94 valence electrons. The normalized spacial score (nSPS) is 10.7. The molecule has 2 rings (SSSR count). The van der Waals surface area contributed by atoms with E-state index in [1.54, 1.807) is 0 Å². The number of hydrogen-bond acceptors (Lipinski definition) is 1. The maximum absolute atomic E-state index is 5.64. The summed E-state index contributed by atoms with van der Waals surface area (Å²) in [6.45, 7) is 6.20. The Hall–Kier alpha value is -1.76. The molecule has 0 bridgehead atoms. The second-order valence-corrected chi connectivity index (χ2v) is 4.97. The monoisotopic (exact) mass is 240 g/mol. The Morgan fingerprint density at radius 3 is 1.83 bits per heavy atom. The lowest BCUT2D eigenvalue weighted by atomic mass is 10.0. The van der Waals surface area contributed by atoms with Crippen LogP contribution in [0.2, 0.25) is 0 Å². The summed E-state index contributed by atoms with van der Waals surface area (Å²) in [6.07, 6.45) is 1.20. The average molecular weight is 240 g/mol. The van der Waals surface area contributed by atoms with Gasteiger partial charge in [-0.1, -0.05) is 42.0 Å². The van der Waals surface area contributed by atoms with Crippen LogP contribution in [0.15, 0.2) is 48.5 Å². The molecular weight excluding hydrogens is 220 g/mol. The Kier molecular flexibility index (Phi) is 4.03. The van der Waals surface area contributed by atoms with E-state index in [9.17, 15) is 0 Å². The maximum Gasteiger partial charge on any atom is 0.119 e. The van der Waals surface area contributed by atoms with Gasteiger partial charge in [-0.3, -0.25) is 0 Å². The molecule has 0 aliphatic carbocycles. The fourth-order valence-electron chi connectivity index (χ4n) is 1.90. The SMILES string of the molecule is Cc1ccc(Cc2ccc(OC(C)C)cc2)cc1. The molecule has 0 atom stereocenters. The summed E-state index contributed by atoms with van der Waals surface area (Å²) in [4.78, 5) is 0. The molecule has 0 heterocycles. The minimum absolute atomic E-state index is 0.230. The van der Waals surface area contributed by atoms with Crippen LogP contribution >= 0.6 is 0 Å². The smallest absolute Gasteiger partial charge is 0.119 e. The zero-order chi connectivity index (χ0) is 13.0. The Morgan fingerprint density at radius 2 is 1.33 bits per heavy atom. The summed E-state index contributed by atoms with van der Waals surface area (Å²) in [6, 6.07) is 17.1. The van der Waals surface area contributed by atoms with Crippen LogP contribution < -0.4 is 4.74 Å². The number of rotatable bonds is 4. The first-order valence-electron chi connectivity index (χ1n) is 6.44. The number of ether oxygens (including phenoxy) is 1. The molecule has 0 radical (unpaired) electrons. The fraction of sp³-hybridized carbons (Fsp3) is 0.294. The van der Waals surface area contributed by atoms with Gasteiger partial charge in [-0.05, 0) is 50.5 Å². The number of hydrogen-bond donors (Lipinski definition) is 0. The van der Waals surface area contributed by atoms with Gasteiger partial charge in [-0.2, -0.15) is 0 Å². The minimum Gasteiger partial charge on any atom is -0.491 e. The van der Waals surface area contributed by atoms with Crippen molar-refractivity contribution < 1.29 is 4.74 Å². The van der Waals surface area contributed by atoms with Crippen LogP contribution in [-0.2, 0) is 6.42 Å². The topological polar surface area (TPSA) is 9.23 Å². The van der Waals surface area contributed by atoms with Crippen molar-refractivity contribution in [2.45, 2.75) is 33.3 Å². The van der Waals surface area contributed by atoms with E-state index in [4.69, 9.17) is 4.74 Å². The molecule has 18 heavy (non-hydrogen) atoms. The van der Waals surface area contributed by atoms with Gasteiger partial charge in [0.15, 0.2) is 0 Å². The Bertz CT molecular complexity index is 480. The van der Waals surface area contributed by atoms with E-state index in [-0.39, 0.29) is 6.10 Å².